The highest BCUT2D eigenvalue weighted by Crippen LogP contribution is 2.37. The number of nitrogens with two attached hydrogens (primary N) is 1. The average molecular weight is 314 g/mol. The number of hydrogen-bond donors (Lipinski definition) is 1. The number of rotatable bonds is 4. The summed E-state index contributed by atoms with van der Waals surface area (Å²) in [6, 6.07) is 0. The molecular weight excluding hydrogens is 292 g/mol. The van der Waals surface area contributed by atoms with Crippen molar-refractivity contribution >= 4 is 35.5 Å². The highest BCUT2D eigenvalue weighted by Gasteiger charge is 2.52. The maximum Gasteiger partial charge on any atom is 0.475 e. The minimum absolute atomic E-state index is 0. The SMILES string of the molecule is CC1(C)OB(C(N)CCCBr)OC1(C)C.Cl. The molecule has 1 aliphatic rings. The molecule has 6 heteroatoms. The first kappa shape index (κ1) is 16.7. The molecule has 1 unspecified atom stereocenters. The van der Waals surface area contributed by atoms with Crippen LogP contribution in [0.3, 0.4) is 0 Å². The molecule has 0 aromatic heterocycles. The lowest BCUT2D eigenvalue weighted by atomic mass is 9.76. The van der Waals surface area contributed by atoms with Gasteiger partial charge >= 0.3 is 7.12 Å². The van der Waals surface area contributed by atoms with Gasteiger partial charge in [-0.15, -0.1) is 12.4 Å². The summed E-state index contributed by atoms with van der Waals surface area (Å²) >= 11 is 3.39. The molecule has 0 saturated carbocycles. The monoisotopic (exact) mass is 313 g/mol. The zero-order valence-corrected chi connectivity index (χ0v) is 12.9. The molecule has 1 heterocycles. The van der Waals surface area contributed by atoms with Crippen molar-refractivity contribution in [2.45, 2.75) is 57.7 Å². The topological polar surface area (TPSA) is 44.5 Å². The van der Waals surface area contributed by atoms with Gasteiger partial charge in [0.2, 0.25) is 0 Å². The van der Waals surface area contributed by atoms with Crippen molar-refractivity contribution in [1.82, 2.24) is 0 Å². The van der Waals surface area contributed by atoms with Gasteiger partial charge in [0.05, 0.1) is 11.2 Å². The van der Waals surface area contributed by atoms with Gasteiger partial charge in [0.25, 0.3) is 0 Å². The molecule has 2 N–H and O–H groups in total. The number of hydrogen-bond acceptors (Lipinski definition) is 3. The van der Waals surface area contributed by atoms with Crippen molar-refractivity contribution < 1.29 is 9.31 Å². The minimum Gasteiger partial charge on any atom is -0.402 e. The molecule has 1 fully saturated rings. The van der Waals surface area contributed by atoms with E-state index in [0.29, 0.717) is 0 Å². The van der Waals surface area contributed by atoms with E-state index in [-0.39, 0.29) is 36.7 Å². The third-order valence-corrected chi connectivity index (χ3v) is 3.85. The van der Waals surface area contributed by atoms with Crippen molar-refractivity contribution in [2.75, 3.05) is 5.33 Å². The Hall–Kier alpha value is 0.715. The normalized spacial score (nSPS) is 24.0. The van der Waals surface area contributed by atoms with Crippen LogP contribution in [0.15, 0.2) is 0 Å². The van der Waals surface area contributed by atoms with Crippen LogP contribution in [0.2, 0.25) is 0 Å². The molecule has 0 amide bonds. The fraction of sp³-hybridized carbons (Fsp3) is 1.00. The van der Waals surface area contributed by atoms with Crippen LogP contribution >= 0.6 is 28.3 Å². The van der Waals surface area contributed by atoms with Crippen LogP contribution in [0.1, 0.15) is 40.5 Å². The van der Waals surface area contributed by atoms with Crippen molar-refractivity contribution in [3.63, 3.8) is 0 Å². The smallest absolute Gasteiger partial charge is 0.402 e. The van der Waals surface area contributed by atoms with E-state index in [4.69, 9.17) is 15.0 Å². The van der Waals surface area contributed by atoms with Gasteiger partial charge in [-0.3, -0.25) is 0 Å². The van der Waals surface area contributed by atoms with E-state index in [1.165, 1.54) is 0 Å². The zero-order chi connectivity index (χ0) is 11.7. The molecule has 0 spiro atoms. The molecule has 0 aromatic carbocycles. The summed E-state index contributed by atoms with van der Waals surface area (Å²) in [5.41, 5.74) is 5.49. The van der Waals surface area contributed by atoms with E-state index >= 15 is 0 Å². The maximum atomic E-state index is 6.04. The Morgan fingerprint density at radius 2 is 1.62 bits per heavy atom. The molecule has 0 aromatic rings. The quantitative estimate of drug-likeness (QED) is 0.641. The van der Waals surface area contributed by atoms with Crippen molar-refractivity contribution in [1.29, 1.82) is 0 Å². The summed E-state index contributed by atoms with van der Waals surface area (Å²) < 4.78 is 11.7. The predicted octanol–water partition coefficient (Wildman–Crippen LogP) is 2.54. The van der Waals surface area contributed by atoms with Crippen LogP contribution in [0.4, 0.5) is 0 Å². The van der Waals surface area contributed by atoms with E-state index in [2.05, 4.69) is 15.9 Å². The van der Waals surface area contributed by atoms with Crippen LogP contribution in [0.5, 0.6) is 0 Å². The highest BCUT2D eigenvalue weighted by atomic mass is 79.9. The third kappa shape index (κ3) is 3.60. The van der Waals surface area contributed by atoms with E-state index in [1.54, 1.807) is 0 Å². The second-order valence-corrected chi connectivity index (χ2v) is 5.91. The Balaban J connectivity index is 0.00000225. The molecule has 0 bridgehead atoms. The largest absolute Gasteiger partial charge is 0.475 e. The van der Waals surface area contributed by atoms with E-state index in [0.717, 1.165) is 18.2 Å². The highest BCUT2D eigenvalue weighted by molar-refractivity contribution is 9.09. The molecule has 16 heavy (non-hydrogen) atoms. The van der Waals surface area contributed by atoms with Gasteiger partial charge in [-0.2, -0.15) is 0 Å². The Bertz CT molecular complexity index is 213. The predicted molar refractivity (Wildman–Crippen MR) is 74.3 cm³/mol. The molecule has 1 saturated heterocycles. The maximum absolute atomic E-state index is 6.04. The fourth-order valence-corrected chi connectivity index (χ4v) is 1.84. The fourth-order valence-electron chi connectivity index (χ4n) is 1.51. The van der Waals surface area contributed by atoms with Crippen LogP contribution in [0.25, 0.3) is 0 Å². The Labute approximate surface area is 113 Å². The Kier molecular flexibility index (Phi) is 6.32. The Morgan fingerprint density at radius 1 is 1.19 bits per heavy atom. The molecule has 1 rings (SSSR count). The van der Waals surface area contributed by atoms with Crippen molar-refractivity contribution in [3.8, 4) is 0 Å². The van der Waals surface area contributed by atoms with Crippen molar-refractivity contribution in [2.24, 2.45) is 5.73 Å². The first-order chi connectivity index (χ1) is 6.80. The second kappa shape index (κ2) is 6.05. The van der Waals surface area contributed by atoms with E-state index in [9.17, 15) is 0 Å². The van der Waals surface area contributed by atoms with E-state index < -0.39 is 0 Å². The van der Waals surface area contributed by atoms with Gasteiger partial charge in [-0.05, 0) is 40.5 Å². The lowest BCUT2D eigenvalue weighted by Gasteiger charge is -2.32. The molecule has 1 aliphatic heterocycles. The van der Waals surface area contributed by atoms with Crippen LogP contribution in [-0.4, -0.2) is 29.6 Å². The zero-order valence-electron chi connectivity index (χ0n) is 10.5. The molecule has 0 aliphatic carbocycles. The lowest BCUT2D eigenvalue weighted by molar-refractivity contribution is 0.00578. The van der Waals surface area contributed by atoms with Crippen LogP contribution in [0, 0.1) is 0 Å². The molecule has 0 radical (unpaired) electrons. The van der Waals surface area contributed by atoms with Crippen LogP contribution in [-0.2, 0) is 9.31 Å². The molecule has 1 atom stereocenters. The van der Waals surface area contributed by atoms with Gasteiger partial charge in [0.1, 0.15) is 0 Å². The summed E-state index contributed by atoms with van der Waals surface area (Å²) in [4.78, 5) is 0. The van der Waals surface area contributed by atoms with Gasteiger partial charge in [0, 0.05) is 11.3 Å². The molecular formula is C10H22BBrClNO2. The third-order valence-electron chi connectivity index (χ3n) is 3.29. The number of alkyl halides is 1. The summed E-state index contributed by atoms with van der Waals surface area (Å²) in [6.07, 6.45) is 1.97. The second-order valence-electron chi connectivity index (χ2n) is 5.12. The summed E-state index contributed by atoms with van der Waals surface area (Å²) in [6.45, 7) is 8.18. The first-order valence-corrected chi connectivity index (χ1v) is 6.59. The summed E-state index contributed by atoms with van der Waals surface area (Å²) in [7, 11) is -0.269. The minimum atomic E-state index is -0.274. The summed E-state index contributed by atoms with van der Waals surface area (Å²) in [5, 5.41) is 0.972. The van der Waals surface area contributed by atoms with Crippen LogP contribution < -0.4 is 5.73 Å². The van der Waals surface area contributed by atoms with Gasteiger partial charge in [0.15, 0.2) is 0 Å². The van der Waals surface area contributed by atoms with Gasteiger partial charge < -0.3 is 15.0 Å². The first-order valence-electron chi connectivity index (χ1n) is 5.47. The molecule has 3 nitrogen and oxygen atoms in total. The lowest BCUT2D eigenvalue weighted by Crippen LogP contribution is -2.41. The average Bonchev–Trinajstić information content (AvgIpc) is 2.32. The Morgan fingerprint density at radius 3 is 2.00 bits per heavy atom. The van der Waals surface area contributed by atoms with Crippen molar-refractivity contribution in [3.05, 3.63) is 0 Å². The number of halogens is 2. The molecule has 96 valence electrons. The van der Waals surface area contributed by atoms with Gasteiger partial charge in [-0.1, -0.05) is 15.9 Å². The standard InChI is InChI=1S/C10H21BBrNO2.ClH/c1-9(2)10(3,4)15-11(14-9)8(13)6-5-7-12;/h8H,5-7,13H2,1-4H3;1H. The van der Waals surface area contributed by atoms with Gasteiger partial charge in [-0.25, -0.2) is 0 Å². The summed E-state index contributed by atoms with van der Waals surface area (Å²) in [5.74, 6) is -0.0383. The van der Waals surface area contributed by atoms with E-state index in [1.807, 2.05) is 27.7 Å².